The maximum absolute atomic E-state index is 11.3. The summed E-state index contributed by atoms with van der Waals surface area (Å²) in [5, 5.41) is 18.6. The zero-order chi connectivity index (χ0) is 10.1. The fourth-order valence-corrected chi connectivity index (χ4v) is 1.46. The summed E-state index contributed by atoms with van der Waals surface area (Å²) in [6.45, 7) is 0.195. The van der Waals surface area contributed by atoms with Gasteiger partial charge in [-0.05, 0) is 12.2 Å². The molecule has 3 N–H and O–H groups in total. The highest BCUT2D eigenvalue weighted by Gasteiger charge is 2.08. The van der Waals surface area contributed by atoms with E-state index in [1.54, 1.807) is 0 Å². The molecule has 14 heavy (non-hydrogen) atoms. The Balaban J connectivity index is 2.86. The van der Waals surface area contributed by atoms with Crippen molar-refractivity contribution in [2.24, 2.45) is 0 Å². The van der Waals surface area contributed by atoms with Gasteiger partial charge in [-0.2, -0.15) is 5.21 Å². The highest BCUT2D eigenvalue weighted by atomic mass is 32.1. The molecule has 74 valence electrons. The minimum absolute atomic E-state index is 0.0810. The molecule has 0 radical (unpaired) electrons. The van der Waals surface area contributed by atoms with Crippen LogP contribution in [-0.2, 0) is 6.54 Å². The molecule has 0 spiro atoms. The fraction of sp³-hybridized carbons (Fsp3) is 0.333. The molecule has 7 nitrogen and oxygen atoms in total. The molecule has 8 heteroatoms. The van der Waals surface area contributed by atoms with Crippen LogP contribution in [0.1, 0.15) is 0 Å². The molecule has 0 amide bonds. The summed E-state index contributed by atoms with van der Waals surface area (Å²) in [5.41, 5.74) is 0.160. The summed E-state index contributed by atoms with van der Waals surface area (Å²) in [6.07, 6.45) is 0. The first-order chi connectivity index (χ1) is 6.74. The maximum Gasteiger partial charge on any atom is 0.281 e. The second-order valence-corrected chi connectivity index (χ2v) is 3.02. The van der Waals surface area contributed by atoms with Crippen LogP contribution in [0.4, 0.5) is 0 Å². The molecule has 2 rings (SSSR count). The van der Waals surface area contributed by atoms with Crippen molar-refractivity contribution in [1.82, 2.24) is 25.0 Å². The summed E-state index contributed by atoms with van der Waals surface area (Å²) < 4.78 is 1.74. The normalized spacial score (nSPS) is 10.9. The van der Waals surface area contributed by atoms with Crippen molar-refractivity contribution in [3.63, 3.8) is 0 Å². The van der Waals surface area contributed by atoms with Crippen LogP contribution in [-0.4, -0.2) is 36.7 Å². The van der Waals surface area contributed by atoms with Crippen molar-refractivity contribution in [2.75, 3.05) is 6.61 Å². The molecule has 0 unspecified atom stereocenters. The summed E-state index contributed by atoms with van der Waals surface area (Å²) in [6, 6.07) is 0. The predicted molar refractivity (Wildman–Crippen MR) is 50.4 cm³/mol. The second kappa shape index (κ2) is 3.31. The van der Waals surface area contributed by atoms with Gasteiger partial charge in [0.2, 0.25) is 0 Å². The van der Waals surface area contributed by atoms with Crippen molar-refractivity contribution >= 4 is 23.4 Å². The van der Waals surface area contributed by atoms with Crippen molar-refractivity contribution in [1.29, 1.82) is 0 Å². The number of aliphatic hydroxyl groups excluding tert-OH is 1. The lowest BCUT2D eigenvalue weighted by molar-refractivity contribution is 0.276. The number of hydrogen-bond donors (Lipinski definition) is 3. The minimum Gasteiger partial charge on any atom is -0.395 e. The molecule has 0 aromatic carbocycles. The largest absolute Gasteiger partial charge is 0.395 e. The van der Waals surface area contributed by atoms with Crippen molar-refractivity contribution in [3.05, 3.63) is 15.1 Å². The number of aromatic amines is 2. The smallest absolute Gasteiger partial charge is 0.281 e. The number of aromatic nitrogens is 5. The molecule has 2 aromatic heterocycles. The Kier molecular flexibility index (Phi) is 2.14. The van der Waals surface area contributed by atoms with E-state index in [2.05, 4.69) is 20.4 Å². The van der Waals surface area contributed by atoms with E-state index in [0.29, 0.717) is 5.65 Å². The van der Waals surface area contributed by atoms with Crippen LogP contribution in [0.2, 0.25) is 0 Å². The van der Waals surface area contributed by atoms with E-state index in [4.69, 9.17) is 17.3 Å². The Morgan fingerprint density at radius 2 is 2.29 bits per heavy atom. The van der Waals surface area contributed by atoms with Gasteiger partial charge in [0.25, 0.3) is 5.56 Å². The van der Waals surface area contributed by atoms with Crippen LogP contribution >= 0.6 is 12.2 Å². The SMILES string of the molecule is O=c1[nH]c(=S)n(CCO)c2n[nH]nc12. The van der Waals surface area contributed by atoms with E-state index in [9.17, 15) is 4.79 Å². The van der Waals surface area contributed by atoms with Crippen molar-refractivity contribution in [2.45, 2.75) is 6.54 Å². The number of fused-ring (bicyclic) bond motifs is 1. The summed E-state index contributed by atoms with van der Waals surface area (Å²) in [4.78, 5) is 13.7. The number of aliphatic hydroxyl groups is 1. The topological polar surface area (TPSA) is 99.6 Å². The van der Waals surface area contributed by atoms with Gasteiger partial charge in [-0.1, -0.05) is 0 Å². The van der Waals surface area contributed by atoms with Gasteiger partial charge in [0.15, 0.2) is 15.9 Å². The lowest BCUT2D eigenvalue weighted by Crippen LogP contribution is -2.15. The molecule has 0 aliphatic heterocycles. The van der Waals surface area contributed by atoms with E-state index in [1.807, 2.05) is 0 Å². The monoisotopic (exact) mass is 213 g/mol. The molecule has 0 aliphatic rings. The third-order valence-corrected chi connectivity index (χ3v) is 2.11. The van der Waals surface area contributed by atoms with Crippen LogP contribution < -0.4 is 5.56 Å². The van der Waals surface area contributed by atoms with Crippen molar-refractivity contribution in [3.8, 4) is 0 Å². The number of nitrogens with zero attached hydrogens (tertiary/aromatic N) is 3. The predicted octanol–water partition coefficient (Wildman–Crippen LogP) is -0.831. The first kappa shape index (κ1) is 9.03. The number of H-pyrrole nitrogens is 2. The molecule has 0 aliphatic carbocycles. The molecule has 0 fully saturated rings. The van der Waals surface area contributed by atoms with Crippen LogP contribution in [0.3, 0.4) is 0 Å². The van der Waals surface area contributed by atoms with Gasteiger partial charge < -0.3 is 5.11 Å². The van der Waals surface area contributed by atoms with Gasteiger partial charge in [0.1, 0.15) is 0 Å². The molecule has 0 saturated carbocycles. The molecule has 0 bridgehead atoms. The van der Waals surface area contributed by atoms with Gasteiger partial charge in [-0.25, -0.2) is 0 Å². The van der Waals surface area contributed by atoms with E-state index < -0.39 is 0 Å². The Bertz CT molecular complexity index is 567. The standard InChI is InChI=1S/C6H7N5O2S/c12-2-1-11-4-3(8-10-9-4)5(13)7-6(11)14/h12H,1-2H2,(H,7,13,14)(H,8,9,10). The average Bonchev–Trinajstić information content (AvgIpc) is 2.60. The third-order valence-electron chi connectivity index (χ3n) is 1.79. The van der Waals surface area contributed by atoms with Gasteiger partial charge >= 0.3 is 0 Å². The summed E-state index contributed by atoms with van der Waals surface area (Å²) in [5.74, 6) is 0. The minimum atomic E-state index is -0.382. The Labute approximate surface area is 82.4 Å². The lowest BCUT2D eigenvalue weighted by Gasteiger charge is -2.02. The van der Waals surface area contributed by atoms with Crippen molar-refractivity contribution < 1.29 is 5.11 Å². The van der Waals surface area contributed by atoms with Crippen LogP contribution in [0.15, 0.2) is 4.79 Å². The Hall–Kier alpha value is -1.54. The van der Waals surface area contributed by atoms with E-state index in [1.165, 1.54) is 4.57 Å². The molecule has 0 saturated heterocycles. The average molecular weight is 213 g/mol. The van der Waals surface area contributed by atoms with Crippen LogP contribution in [0.25, 0.3) is 11.2 Å². The molecule has 2 heterocycles. The second-order valence-electron chi connectivity index (χ2n) is 2.63. The van der Waals surface area contributed by atoms with E-state index in [-0.39, 0.29) is 29.0 Å². The molecule has 2 aromatic rings. The molecule has 0 atom stereocenters. The molecular formula is C6H7N5O2S. The first-order valence-electron chi connectivity index (χ1n) is 3.88. The fourth-order valence-electron chi connectivity index (χ4n) is 1.19. The number of rotatable bonds is 2. The maximum atomic E-state index is 11.3. The Morgan fingerprint density at radius 3 is 3.00 bits per heavy atom. The zero-order valence-corrected chi connectivity index (χ0v) is 7.84. The number of nitrogens with one attached hydrogen (secondary N) is 2. The number of hydrogen-bond acceptors (Lipinski definition) is 5. The highest BCUT2D eigenvalue weighted by Crippen LogP contribution is 2.01. The summed E-state index contributed by atoms with van der Waals surface area (Å²) in [7, 11) is 0. The highest BCUT2D eigenvalue weighted by molar-refractivity contribution is 7.71. The lowest BCUT2D eigenvalue weighted by atomic mass is 10.5. The van der Waals surface area contributed by atoms with Crippen LogP contribution in [0, 0.1) is 4.77 Å². The Morgan fingerprint density at radius 1 is 1.50 bits per heavy atom. The quantitative estimate of drug-likeness (QED) is 0.565. The molecular weight excluding hydrogens is 206 g/mol. The van der Waals surface area contributed by atoms with E-state index in [0.717, 1.165) is 0 Å². The third kappa shape index (κ3) is 1.24. The van der Waals surface area contributed by atoms with E-state index >= 15 is 0 Å². The van der Waals surface area contributed by atoms with Crippen LogP contribution in [0.5, 0.6) is 0 Å². The van der Waals surface area contributed by atoms with Gasteiger partial charge in [-0.3, -0.25) is 14.3 Å². The first-order valence-corrected chi connectivity index (χ1v) is 4.29. The summed E-state index contributed by atoms with van der Waals surface area (Å²) >= 11 is 4.91. The van der Waals surface area contributed by atoms with Gasteiger partial charge in [0.05, 0.1) is 13.2 Å². The van der Waals surface area contributed by atoms with Gasteiger partial charge in [0, 0.05) is 0 Å². The zero-order valence-electron chi connectivity index (χ0n) is 7.02. The van der Waals surface area contributed by atoms with Gasteiger partial charge in [-0.15, -0.1) is 10.2 Å².